The van der Waals surface area contributed by atoms with Crippen molar-refractivity contribution >= 4 is 72.6 Å². The fraction of sp³-hybridized carbons (Fsp3) is 1.00. The third-order valence-electron chi connectivity index (χ3n) is 0.398. The van der Waals surface area contributed by atoms with E-state index >= 15 is 0 Å². The topological polar surface area (TPSA) is 161 Å². The molecule has 0 fully saturated rings. The zero-order valence-corrected chi connectivity index (χ0v) is 18.3. The molecule has 152 valence electrons. The Bertz CT molecular complexity index is 583. The SMILES string of the molecule is C.O=S(=O)(F)NS(=O)(=O)F.O=S(=O)(F)NS(=O)(=O)F.SI.[F-].[F-].[H-].[Li+].[Li+].[Li+]. The molecule has 10 nitrogen and oxygen atoms in total. The Morgan fingerprint density at radius 3 is 0.654 bits per heavy atom. The molecule has 0 saturated heterocycles. The summed E-state index contributed by atoms with van der Waals surface area (Å²) in [7, 11) is -18.5. The molecule has 0 aromatic heterocycles. The van der Waals surface area contributed by atoms with Crippen LogP contribution in [0.3, 0.4) is 0 Å². The zero-order chi connectivity index (χ0) is 17.4. The van der Waals surface area contributed by atoms with Crippen molar-refractivity contribution in [1.29, 1.82) is 0 Å². The minimum absolute atomic E-state index is 0. The van der Waals surface area contributed by atoms with Gasteiger partial charge in [0.2, 0.25) is 0 Å². The molecular formula is CH8F6ILi3N2O8S5. The molecule has 0 spiro atoms. The molecule has 0 aromatic rings. The van der Waals surface area contributed by atoms with Gasteiger partial charge in [-0.1, -0.05) is 31.2 Å². The number of hydrogen-bond acceptors (Lipinski definition) is 9. The minimum atomic E-state index is -5.49. The first-order chi connectivity index (χ1) is 8.41. The van der Waals surface area contributed by atoms with E-state index in [2.05, 4.69) is 9.80 Å². The Morgan fingerprint density at radius 1 is 0.577 bits per heavy atom. The molecule has 0 aliphatic heterocycles. The fourth-order valence-corrected chi connectivity index (χ4v) is 2.14. The van der Waals surface area contributed by atoms with Crippen molar-refractivity contribution in [2.45, 2.75) is 7.43 Å². The van der Waals surface area contributed by atoms with E-state index in [0.717, 1.165) is 0 Å². The number of hydrogen-bond donors (Lipinski definition) is 3. The smallest absolute Gasteiger partial charge is 1.00 e. The van der Waals surface area contributed by atoms with Crippen molar-refractivity contribution < 1.29 is 117 Å². The molecule has 0 aliphatic carbocycles. The number of rotatable bonds is 4. The van der Waals surface area contributed by atoms with Gasteiger partial charge in [0.05, 0.1) is 0 Å². The quantitative estimate of drug-likeness (QED) is 0.0947. The number of halogens is 7. The second-order valence-electron chi connectivity index (χ2n) is 1.92. The van der Waals surface area contributed by atoms with Crippen molar-refractivity contribution in [2.75, 3.05) is 0 Å². The molecule has 0 rings (SSSR count). The van der Waals surface area contributed by atoms with Crippen molar-refractivity contribution in [3.05, 3.63) is 0 Å². The van der Waals surface area contributed by atoms with Gasteiger partial charge in [0.1, 0.15) is 0 Å². The molecule has 0 atom stereocenters. The van der Waals surface area contributed by atoms with Crippen LogP contribution in [-0.2, 0) is 41.6 Å². The Hall–Kier alpha value is 2.17. The van der Waals surface area contributed by atoms with Crippen LogP contribution >= 0.6 is 31.0 Å². The molecule has 2 N–H and O–H groups in total. The van der Waals surface area contributed by atoms with Crippen LogP contribution in [0.5, 0.6) is 0 Å². The fourth-order valence-electron chi connectivity index (χ4n) is 0.238. The van der Waals surface area contributed by atoms with Crippen molar-refractivity contribution in [3.8, 4) is 0 Å². The third kappa shape index (κ3) is 82.6. The van der Waals surface area contributed by atoms with Gasteiger partial charge in [0, 0.05) is 0 Å². The van der Waals surface area contributed by atoms with Gasteiger partial charge in [0.25, 0.3) is 0 Å². The van der Waals surface area contributed by atoms with Crippen LogP contribution < -0.4 is 74.2 Å². The second-order valence-corrected chi connectivity index (χ2v) is 6.75. The summed E-state index contributed by atoms with van der Waals surface area (Å²) < 4.78 is 119. The van der Waals surface area contributed by atoms with Gasteiger partial charge in [-0.25, -0.2) is 0 Å². The first-order valence-electron chi connectivity index (χ1n) is 2.94. The van der Waals surface area contributed by atoms with E-state index in [1.807, 2.05) is 21.2 Å². The average Bonchev–Trinajstić information content (AvgIpc) is 1.93. The van der Waals surface area contributed by atoms with E-state index in [1.54, 1.807) is 0 Å². The largest absolute Gasteiger partial charge is 1.00 e. The molecule has 0 aliphatic rings. The Balaban J connectivity index is -0.0000000197. The summed E-state index contributed by atoms with van der Waals surface area (Å²) in [4.78, 5) is 0. The summed E-state index contributed by atoms with van der Waals surface area (Å²) in [6, 6.07) is 0. The normalized spacial score (nSPS) is 9.62. The summed E-state index contributed by atoms with van der Waals surface area (Å²) >= 11 is 1.84. The molecule has 0 aromatic carbocycles. The molecule has 0 amide bonds. The van der Waals surface area contributed by atoms with Crippen LogP contribution in [0.4, 0.5) is 15.5 Å². The maximum Gasteiger partial charge on any atom is 1.00 e. The predicted molar refractivity (Wildman–Crippen MR) is 77.2 cm³/mol. The van der Waals surface area contributed by atoms with E-state index in [-0.39, 0.29) is 83.1 Å². The molecule has 0 heterocycles. The van der Waals surface area contributed by atoms with Crippen LogP contribution in [0.2, 0.25) is 0 Å². The summed E-state index contributed by atoms with van der Waals surface area (Å²) in [5.74, 6) is 0. The van der Waals surface area contributed by atoms with Crippen LogP contribution in [0.25, 0.3) is 0 Å². The first kappa shape index (κ1) is 56.6. The molecular weight excluding hydrogens is 590 g/mol. The van der Waals surface area contributed by atoms with Crippen molar-refractivity contribution in [2.24, 2.45) is 0 Å². The molecule has 0 saturated carbocycles. The van der Waals surface area contributed by atoms with Gasteiger partial charge < -0.3 is 10.8 Å². The Kier molecular flexibility index (Phi) is 51.0. The maximum absolute atomic E-state index is 11.1. The molecule has 0 radical (unpaired) electrons. The van der Waals surface area contributed by atoms with E-state index in [1.165, 1.54) is 0 Å². The molecule has 25 heteroatoms. The summed E-state index contributed by atoms with van der Waals surface area (Å²) in [6.07, 6.45) is 0. The zero-order valence-electron chi connectivity index (χ0n) is 13.0. The second kappa shape index (κ2) is 23.5. The van der Waals surface area contributed by atoms with Gasteiger partial charge in [0.15, 0.2) is 0 Å². The van der Waals surface area contributed by atoms with Crippen LogP contribution in [-0.4, -0.2) is 33.7 Å². The Morgan fingerprint density at radius 2 is 0.654 bits per heavy atom. The maximum atomic E-state index is 11.1. The van der Waals surface area contributed by atoms with Gasteiger partial charge in [-0.05, 0) is 21.2 Å². The monoisotopic (exact) mass is 598 g/mol. The summed E-state index contributed by atoms with van der Waals surface area (Å²) in [5, 5.41) is 0. The van der Waals surface area contributed by atoms with E-state index in [4.69, 9.17) is 0 Å². The molecule has 0 bridgehead atoms. The van der Waals surface area contributed by atoms with Crippen LogP contribution in [0.15, 0.2) is 0 Å². The minimum Gasteiger partial charge on any atom is -1.00 e. The van der Waals surface area contributed by atoms with Gasteiger partial charge in [-0.15, -0.1) is 9.80 Å². The third-order valence-corrected chi connectivity index (χ3v) is 3.58. The standard InChI is InChI=1S/CH4.2F2HNO4S2.2FH.HIS.3Li.H/c;2*1-8(4,5)3-9(2,6)7;;;1-2;;;;/h1H4;2*3H;2*1H;2H;;;;/q;;;;;;3*+1;-1/p-2. The predicted octanol–water partition coefficient (Wildman–Crippen LogP) is -15.0. The summed E-state index contributed by atoms with van der Waals surface area (Å²) in [6.45, 7) is 0. The van der Waals surface area contributed by atoms with Gasteiger partial charge in [-0.3, -0.25) is 0 Å². The van der Waals surface area contributed by atoms with Gasteiger partial charge in [-0.2, -0.15) is 33.7 Å². The Labute approximate surface area is 202 Å². The molecule has 0 unspecified atom stereocenters. The molecule has 26 heavy (non-hydrogen) atoms. The van der Waals surface area contributed by atoms with E-state index in [9.17, 15) is 49.2 Å². The van der Waals surface area contributed by atoms with Crippen molar-refractivity contribution in [1.82, 2.24) is 8.25 Å². The number of nitrogens with one attached hydrogen (secondary N) is 2. The van der Waals surface area contributed by atoms with E-state index < -0.39 is 41.6 Å². The van der Waals surface area contributed by atoms with Crippen LogP contribution in [0.1, 0.15) is 8.85 Å². The van der Waals surface area contributed by atoms with E-state index in [0.29, 0.717) is 0 Å². The average molecular weight is 598 g/mol. The first-order valence-corrected chi connectivity index (χ1v) is 11.7. The summed E-state index contributed by atoms with van der Waals surface area (Å²) in [5.41, 5.74) is 0. The van der Waals surface area contributed by atoms with Crippen LogP contribution in [0, 0.1) is 0 Å². The van der Waals surface area contributed by atoms with Crippen molar-refractivity contribution in [3.63, 3.8) is 0 Å². The van der Waals surface area contributed by atoms with Gasteiger partial charge >= 0.3 is 98.2 Å². The number of thiol groups is 1.